The number of amides is 3. The van der Waals surface area contributed by atoms with Crippen LogP contribution in [0.15, 0.2) is 42.5 Å². The lowest BCUT2D eigenvalue weighted by Gasteiger charge is -2.29. The molecule has 156 valence electrons. The summed E-state index contributed by atoms with van der Waals surface area (Å²) in [6.07, 6.45) is 0.611. The van der Waals surface area contributed by atoms with Gasteiger partial charge in [0.15, 0.2) is 0 Å². The summed E-state index contributed by atoms with van der Waals surface area (Å²) in [5, 5.41) is 5.90. The first-order valence-corrected chi connectivity index (χ1v) is 10.1. The van der Waals surface area contributed by atoms with Crippen molar-refractivity contribution in [2.24, 2.45) is 0 Å². The van der Waals surface area contributed by atoms with Crippen LogP contribution < -0.4 is 16.4 Å². The van der Waals surface area contributed by atoms with Gasteiger partial charge in [-0.05, 0) is 55.2 Å². The van der Waals surface area contributed by atoms with Crippen LogP contribution in [-0.2, 0) is 28.2 Å². The molecule has 7 heteroatoms. The number of nitrogens with two attached hydrogens (primary N) is 1. The van der Waals surface area contributed by atoms with Crippen molar-refractivity contribution in [2.45, 2.75) is 51.4 Å². The molecule has 2 aromatic rings. The standard InChI is InChI=1S/C23H26N4O3/c1-23(2,15-6-4-7-16(24)11-15)25-12-14-5-3-8-17-18(14)13-27(22(17)30)19-9-10-20(28)26-21(19)29/h3-8,11,19,25H,9-10,12-13,24H2,1-2H3,(H,26,28,29). The molecule has 2 aromatic carbocycles. The van der Waals surface area contributed by atoms with E-state index in [1.54, 1.807) is 11.0 Å². The van der Waals surface area contributed by atoms with Gasteiger partial charge in [0.2, 0.25) is 11.8 Å². The average Bonchev–Trinajstić information content (AvgIpc) is 3.04. The first-order valence-electron chi connectivity index (χ1n) is 10.1. The molecule has 30 heavy (non-hydrogen) atoms. The van der Waals surface area contributed by atoms with Crippen LogP contribution in [0, 0.1) is 0 Å². The van der Waals surface area contributed by atoms with Crippen LogP contribution in [0.1, 0.15) is 53.7 Å². The van der Waals surface area contributed by atoms with Crippen molar-refractivity contribution in [2.75, 3.05) is 5.73 Å². The predicted octanol–water partition coefficient (Wildman–Crippen LogP) is 2.05. The number of nitrogen functional groups attached to an aromatic ring is 1. The number of piperidine rings is 1. The maximum Gasteiger partial charge on any atom is 0.255 e. The Bertz CT molecular complexity index is 1030. The highest BCUT2D eigenvalue weighted by Crippen LogP contribution is 2.30. The molecule has 1 saturated heterocycles. The number of carbonyl (C=O) groups excluding carboxylic acids is 3. The van der Waals surface area contributed by atoms with Crippen LogP contribution in [0.2, 0.25) is 0 Å². The fourth-order valence-electron chi connectivity index (χ4n) is 4.16. The molecule has 4 N–H and O–H groups in total. The third-order valence-corrected chi connectivity index (χ3v) is 6.01. The molecule has 0 saturated carbocycles. The lowest BCUT2D eigenvalue weighted by Crippen LogP contribution is -2.52. The van der Waals surface area contributed by atoms with Gasteiger partial charge in [-0.25, -0.2) is 0 Å². The maximum atomic E-state index is 13.0. The number of hydrogen-bond acceptors (Lipinski definition) is 5. The predicted molar refractivity (Wildman–Crippen MR) is 113 cm³/mol. The summed E-state index contributed by atoms with van der Waals surface area (Å²) in [6, 6.07) is 12.9. The molecular formula is C23H26N4O3. The largest absolute Gasteiger partial charge is 0.399 e. The topological polar surface area (TPSA) is 105 Å². The summed E-state index contributed by atoms with van der Waals surface area (Å²) >= 11 is 0. The van der Waals surface area contributed by atoms with Gasteiger partial charge in [-0.1, -0.05) is 24.3 Å². The molecule has 4 rings (SSSR count). The lowest BCUT2D eigenvalue weighted by atomic mass is 9.93. The van der Waals surface area contributed by atoms with Gasteiger partial charge in [0, 0.05) is 36.3 Å². The molecule has 2 aliphatic heterocycles. The van der Waals surface area contributed by atoms with Crippen molar-refractivity contribution in [3.63, 3.8) is 0 Å². The van der Waals surface area contributed by atoms with Crippen LogP contribution in [-0.4, -0.2) is 28.7 Å². The Morgan fingerprint density at radius 2 is 1.93 bits per heavy atom. The second-order valence-electron chi connectivity index (χ2n) is 8.45. The average molecular weight is 406 g/mol. The van der Waals surface area contributed by atoms with Gasteiger partial charge in [0.05, 0.1) is 0 Å². The molecule has 1 atom stereocenters. The van der Waals surface area contributed by atoms with Crippen molar-refractivity contribution in [1.82, 2.24) is 15.5 Å². The zero-order valence-electron chi connectivity index (χ0n) is 17.2. The lowest BCUT2D eigenvalue weighted by molar-refractivity contribution is -0.136. The second-order valence-corrected chi connectivity index (χ2v) is 8.45. The summed E-state index contributed by atoms with van der Waals surface area (Å²) < 4.78 is 0. The number of nitrogens with one attached hydrogen (secondary N) is 2. The molecule has 0 radical (unpaired) electrons. The number of nitrogens with zero attached hydrogens (tertiary/aromatic N) is 1. The smallest absolute Gasteiger partial charge is 0.255 e. The molecule has 1 unspecified atom stereocenters. The summed E-state index contributed by atoms with van der Waals surface area (Å²) in [5.74, 6) is -0.833. The Hall–Kier alpha value is -3.19. The zero-order valence-corrected chi connectivity index (χ0v) is 17.2. The minimum atomic E-state index is -0.604. The van der Waals surface area contributed by atoms with Gasteiger partial charge >= 0.3 is 0 Å². The van der Waals surface area contributed by atoms with Gasteiger partial charge in [0.1, 0.15) is 6.04 Å². The highest BCUT2D eigenvalue weighted by Gasteiger charge is 2.39. The second kappa shape index (κ2) is 7.57. The van der Waals surface area contributed by atoms with Crippen LogP contribution in [0.25, 0.3) is 0 Å². The van der Waals surface area contributed by atoms with Crippen LogP contribution >= 0.6 is 0 Å². The summed E-state index contributed by atoms with van der Waals surface area (Å²) in [4.78, 5) is 38.3. The fourth-order valence-corrected chi connectivity index (χ4v) is 4.16. The van der Waals surface area contributed by atoms with Gasteiger partial charge in [-0.15, -0.1) is 0 Å². The van der Waals surface area contributed by atoms with E-state index in [0.717, 1.165) is 16.7 Å². The first kappa shape index (κ1) is 20.1. The third kappa shape index (κ3) is 3.68. The molecule has 7 nitrogen and oxygen atoms in total. The van der Waals surface area contributed by atoms with E-state index in [4.69, 9.17) is 5.73 Å². The van der Waals surface area contributed by atoms with Gasteiger partial charge in [-0.3, -0.25) is 19.7 Å². The summed E-state index contributed by atoms with van der Waals surface area (Å²) in [6.45, 7) is 5.12. The van der Waals surface area contributed by atoms with Crippen LogP contribution in [0.4, 0.5) is 5.69 Å². The Morgan fingerprint density at radius 1 is 1.17 bits per heavy atom. The molecule has 2 aliphatic rings. The molecule has 0 aromatic heterocycles. The monoisotopic (exact) mass is 406 g/mol. The van der Waals surface area contributed by atoms with E-state index in [-0.39, 0.29) is 23.8 Å². The van der Waals surface area contributed by atoms with Crippen molar-refractivity contribution in [1.29, 1.82) is 0 Å². The molecule has 0 bridgehead atoms. The van der Waals surface area contributed by atoms with E-state index in [1.165, 1.54) is 0 Å². The third-order valence-electron chi connectivity index (χ3n) is 6.01. The highest BCUT2D eigenvalue weighted by atomic mass is 16.2. The molecule has 0 spiro atoms. The van der Waals surface area contributed by atoms with E-state index >= 15 is 0 Å². The fraction of sp³-hybridized carbons (Fsp3) is 0.348. The minimum Gasteiger partial charge on any atom is -0.399 e. The molecule has 1 fully saturated rings. The number of hydrogen-bond donors (Lipinski definition) is 3. The molecular weight excluding hydrogens is 380 g/mol. The van der Waals surface area contributed by atoms with Crippen molar-refractivity contribution in [3.8, 4) is 0 Å². The van der Waals surface area contributed by atoms with Gasteiger partial charge < -0.3 is 16.0 Å². The number of carbonyl (C=O) groups is 3. The number of imide groups is 1. The van der Waals surface area contributed by atoms with Crippen molar-refractivity contribution in [3.05, 3.63) is 64.7 Å². The summed E-state index contributed by atoms with van der Waals surface area (Å²) in [7, 11) is 0. The Labute approximate surface area is 175 Å². The highest BCUT2D eigenvalue weighted by molar-refractivity contribution is 6.05. The van der Waals surface area contributed by atoms with Crippen LogP contribution in [0.3, 0.4) is 0 Å². The molecule has 3 amide bonds. The Kier molecular flexibility index (Phi) is 5.07. The SMILES string of the molecule is CC(C)(NCc1cccc2c1CN(C1CCC(=O)NC1=O)C2=O)c1cccc(N)c1. The molecule has 2 heterocycles. The quantitative estimate of drug-likeness (QED) is 0.521. The first-order chi connectivity index (χ1) is 14.3. The summed E-state index contributed by atoms with van der Waals surface area (Å²) in [5.41, 5.74) is 9.99. The van der Waals surface area contributed by atoms with E-state index in [9.17, 15) is 14.4 Å². The normalized spacial score (nSPS) is 19.1. The number of anilines is 1. The van der Waals surface area contributed by atoms with E-state index in [2.05, 4.69) is 24.5 Å². The van der Waals surface area contributed by atoms with E-state index < -0.39 is 11.9 Å². The molecule has 0 aliphatic carbocycles. The number of rotatable bonds is 5. The van der Waals surface area contributed by atoms with E-state index in [1.807, 2.05) is 36.4 Å². The number of fused-ring (bicyclic) bond motifs is 1. The van der Waals surface area contributed by atoms with Crippen molar-refractivity contribution >= 4 is 23.4 Å². The Balaban J connectivity index is 1.53. The van der Waals surface area contributed by atoms with Crippen molar-refractivity contribution < 1.29 is 14.4 Å². The Morgan fingerprint density at radius 3 is 2.67 bits per heavy atom. The number of benzene rings is 2. The van der Waals surface area contributed by atoms with Gasteiger partial charge in [0.25, 0.3) is 5.91 Å². The van der Waals surface area contributed by atoms with Gasteiger partial charge in [-0.2, -0.15) is 0 Å². The maximum absolute atomic E-state index is 13.0. The van der Waals surface area contributed by atoms with Crippen LogP contribution in [0.5, 0.6) is 0 Å². The van der Waals surface area contributed by atoms with E-state index in [0.29, 0.717) is 30.8 Å². The minimum absolute atomic E-state index is 0.156. The zero-order chi connectivity index (χ0) is 21.5.